The minimum atomic E-state index is -1.32. The highest BCUT2D eigenvalue weighted by molar-refractivity contribution is 6.01. The summed E-state index contributed by atoms with van der Waals surface area (Å²) in [6.45, 7) is 6.94. The van der Waals surface area contributed by atoms with Crippen LogP contribution in [-0.4, -0.2) is 34.0 Å². The van der Waals surface area contributed by atoms with Crippen molar-refractivity contribution < 1.29 is 14.7 Å². The van der Waals surface area contributed by atoms with Gasteiger partial charge in [-0.05, 0) is 47.0 Å². The molecule has 16 heavy (non-hydrogen) atoms. The van der Waals surface area contributed by atoms with Crippen LogP contribution in [0.4, 0.5) is 0 Å². The predicted molar refractivity (Wildman–Crippen MR) is 61.0 cm³/mol. The molecule has 1 heterocycles. The van der Waals surface area contributed by atoms with Crippen LogP contribution in [0.3, 0.4) is 0 Å². The zero-order chi connectivity index (χ0) is 12.5. The van der Waals surface area contributed by atoms with Crippen molar-refractivity contribution in [3.05, 3.63) is 0 Å². The van der Waals surface area contributed by atoms with Gasteiger partial charge >= 0.3 is 5.97 Å². The quantitative estimate of drug-likeness (QED) is 0.733. The lowest BCUT2D eigenvalue weighted by atomic mass is 9.87. The molecule has 0 aromatic heterocycles. The number of hydrogen-bond acceptors (Lipinski definition) is 2. The van der Waals surface area contributed by atoms with Crippen LogP contribution in [0.5, 0.6) is 0 Å². The third-order valence-corrected chi connectivity index (χ3v) is 3.50. The van der Waals surface area contributed by atoms with Crippen LogP contribution >= 0.6 is 0 Å². The summed E-state index contributed by atoms with van der Waals surface area (Å²) < 4.78 is 0. The number of carboxylic acid groups (broad SMARTS) is 1. The van der Waals surface area contributed by atoms with Gasteiger partial charge in [0.15, 0.2) is 0 Å². The molecule has 0 saturated carbocycles. The second-order valence-electron chi connectivity index (χ2n) is 5.27. The van der Waals surface area contributed by atoms with Gasteiger partial charge in [0.2, 0.25) is 5.91 Å². The van der Waals surface area contributed by atoms with Crippen molar-refractivity contribution >= 4 is 11.9 Å². The average Bonchev–Trinajstić information content (AvgIpc) is 2.16. The lowest BCUT2D eigenvalue weighted by Crippen LogP contribution is -2.54. The maximum atomic E-state index is 12.2. The first-order valence-electron chi connectivity index (χ1n) is 5.84. The van der Waals surface area contributed by atoms with Gasteiger partial charge in [-0.3, -0.25) is 9.59 Å². The molecule has 0 aromatic carbocycles. The number of carbonyl (C=O) groups is 2. The molecule has 1 aliphatic heterocycles. The molecule has 1 rings (SSSR count). The molecular formula is C12H21NO3. The van der Waals surface area contributed by atoms with E-state index in [1.54, 1.807) is 4.90 Å². The van der Waals surface area contributed by atoms with Gasteiger partial charge in [0.25, 0.3) is 0 Å². The van der Waals surface area contributed by atoms with Gasteiger partial charge in [-0.25, -0.2) is 0 Å². The maximum absolute atomic E-state index is 12.2. The van der Waals surface area contributed by atoms with Crippen molar-refractivity contribution in [2.45, 2.75) is 59.0 Å². The Balaban J connectivity index is 2.90. The molecule has 0 unspecified atom stereocenters. The minimum absolute atomic E-state index is 0.148. The van der Waals surface area contributed by atoms with Crippen molar-refractivity contribution in [2.24, 2.45) is 5.41 Å². The Kier molecular flexibility index (Phi) is 3.61. The molecule has 0 spiro atoms. The van der Waals surface area contributed by atoms with E-state index < -0.39 is 11.4 Å². The second kappa shape index (κ2) is 4.44. The molecule has 1 aliphatic rings. The topological polar surface area (TPSA) is 57.6 Å². The van der Waals surface area contributed by atoms with Crippen LogP contribution in [-0.2, 0) is 9.59 Å². The molecule has 0 bridgehead atoms. The highest BCUT2D eigenvalue weighted by atomic mass is 16.4. The summed E-state index contributed by atoms with van der Waals surface area (Å²) in [6, 6.07) is 0.296. The second-order valence-corrected chi connectivity index (χ2v) is 5.27. The third kappa shape index (κ3) is 2.20. The van der Waals surface area contributed by atoms with Gasteiger partial charge in [0, 0.05) is 12.1 Å². The highest BCUT2D eigenvalue weighted by Gasteiger charge is 2.42. The molecule has 1 amide bonds. The van der Waals surface area contributed by atoms with E-state index in [1.165, 1.54) is 13.8 Å². The predicted octanol–water partition coefficient (Wildman–Crippen LogP) is 1.89. The molecular weight excluding hydrogens is 206 g/mol. The van der Waals surface area contributed by atoms with Gasteiger partial charge in [0.1, 0.15) is 5.41 Å². The van der Waals surface area contributed by atoms with Gasteiger partial charge in [0.05, 0.1) is 0 Å². The molecule has 1 fully saturated rings. The van der Waals surface area contributed by atoms with Crippen LogP contribution in [0.15, 0.2) is 0 Å². The van der Waals surface area contributed by atoms with Crippen LogP contribution < -0.4 is 0 Å². The average molecular weight is 227 g/mol. The van der Waals surface area contributed by atoms with Crippen molar-refractivity contribution in [3.8, 4) is 0 Å². The minimum Gasteiger partial charge on any atom is -0.480 e. The molecule has 0 aromatic rings. The van der Waals surface area contributed by atoms with Crippen molar-refractivity contribution in [1.82, 2.24) is 4.90 Å². The number of carbonyl (C=O) groups excluding carboxylic acids is 1. The summed E-state index contributed by atoms with van der Waals surface area (Å²) in [5.74, 6) is -1.32. The Labute approximate surface area is 96.6 Å². The fourth-order valence-electron chi connectivity index (χ4n) is 2.24. The molecule has 92 valence electrons. The van der Waals surface area contributed by atoms with Gasteiger partial charge in [-0.2, -0.15) is 0 Å². The van der Waals surface area contributed by atoms with E-state index in [4.69, 9.17) is 5.11 Å². The molecule has 1 N–H and O–H groups in total. The molecule has 4 heteroatoms. The Bertz CT molecular complexity index is 289. The van der Waals surface area contributed by atoms with E-state index >= 15 is 0 Å². The lowest BCUT2D eigenvalue weighted by Gasteiger charge is -2.42. The summed E-state index contributed by atoms with van der Waals surface area (Å²) in [5.41, 5.74) is -1.32. The number of amides is 1. The van der Waals surface area contributed by atoms with Crippen molar-refractivity contribution in [1.29, 1.82) is 0 Å². The smallest absolute Gasteiger partial charge is 0.318 e. The van der Waals surface area contributed by atoms with Crippen molar-refractivity contribution in [2.75, 3.05) is 0 Å². The fraction of sp³-hybridized carbons (Fsp3) is 0.833. The zero-order valence-electron chi connectivity index (χ0n) is 10.5. The SMILES string of the molecule is C[C@@H]1CCC[C@H](C)N1C(=O)C(C)(C)C(=O)O. The van der Waals surface area contributed by atoms with E-state index in [0.29, 0.717) is 0 Å². The number of nitrogens with zero attached hydrogens (tertiary/aromatic N) is 1. The van der Waals surface area contributed by atoms with Gasteiger partial charge in [-0.1, -0.05) is 0 Å². The summed E-state index contributed by atoms with van der Waals surface area (Å²) in [5, 5.41) is 9.07. The third-order valence-electron chi connectivity index (χ3n) is 3.50. The Morgan fingerprint density at radius 2 is 1.62 bits per heavy atom. The number of hydrogen-bond donors (Lipinski definition) is 1. The largest absolute Gasteiger partial charge is 0.480 e. The molecule has 0 aliphatic carbocycles. The first kappa shape index (κ1) is 13.0. The van der Waals surface area contributed by atoms with Crippen LogP contribution in [0.2, 0.25) is 0 Å². The Morgan fingerprint density at radius 3 is 2.00 bits per heavy atom. The van der Waals surface area contributed by atoms with Crippen LogP contribution in [0.1, 0.15) is 47.0 Å². The first-order chi connectivity index (χ1) is 7.28. The van der Waals surface area contributed by atoms with Crippen molar-refractivity contribution in [3.63, 3.8) is 0 Å². The number of carboxylic acids is 1. The maximum Gasteiger partial charge on any atom is 0.318 e. The number of piperidine rings is 1. The molecule has 2 atom stereocenters. The summed E-state index contributed by atoms with van der Waals surface area (Å²) in [6.07, 6.45) is 3.04. The highest BCUT2D eigenvalue weighted by Crippen LogP contribution is 2.28. The summed E-state index contributed by atoms with van der Waals surface area (Å²) in [4.78, 5) is 25.0. The monoisotopic (exact) mass is 227 g/mol. The van der Waals surface area contributed by atoms with E-state index in [1.807, 2.05) is 13.8 Å². The van der Waals surface area contributed by atoms with E-state index in [-0.39, 0.29) is 18.0 Å². The number of rotatable bonds is 2. The van der Waals surface area contributed by atoms with E-state index in [9.17, 15) is 9.59 Å². The van der Waals surface area contributed by atoms with Gasteiger partial charge in [-0.15, -0.1) is 0 Å². The normalized spacial score (nSPS) is 26.6. The fourth-order valence-corrected chi connectivity index (χ4v) is 2.24. The molecule has 4 nitrogen and oxygen atoms in total. The number of aliphatic carboxylic acids is 1. The van der Waals surface area contributed by atoms with Crippen LogP contribution in [0, 0.1) is 5.41 Å². The van der Waals surface area contributed by atoms with Crippen LogP contribution in [0.25, 0.3) is 0 Å². The standard InChI is InChI=1S/C12H21NO3/c1-8-6-5-7-9(2)13(8)10(14)12(3,4)11(15)16/h8-9H,5-7H2,1-4H3,(H,15,16)/t8-,9+. The summed E-state index contributed by atoms with van der Waals surface area (Å²) >= 11 is 0. The number of likely N-dealkylation sites (tertiary alicyclic amines) is 1. The van der Waals surface area contributed by atoms with Gasteiger partial charge < -0.3 is 10.0 Å². The lowest BCUT2D eigenvalue weighted by molar-refractivity contribution is -0.161. The molecule has 0 radical (unpaired) electrons. The van der Waals surface area contributed by atoms with E-state index in [2.05, 4.69) is 0 Å². The Hall–Kier alpha value is -1.06. The summed E-state index contributed by atoms with van der Waals surface area (Å²) in [7, 11) is 0. The zero-order valence-corrected chi connectivity index (χ0v) is 10.5. The first-order valence-corrected chi connectivity index (χ1v) is 5.84. The Morgan fingerprint density at radius 1 is 1.19 bits per heavy atom. The van der Waals surface area contributed by atoms with E-state index in [0.717, 1.165) is 19.3 Å². The molecule has 1 saturated heterocycles.